The topological polar surface area (TPSA) is 140 Å². The van der Waals surface area contributed by atoms with Crippen LogP contribution in [-0.2, 0) is 10.0 Å². The number of pyridine rings is 1. The van der Waals surface area contributed by atoms with Gasteiger partial charge in [-0.05, 0) is 126 Å². The van der Waals surface area contributed by atoms with E-state index in [1.54, 1.807) is 25.3 Å². The van der Waals surface area contributed by atoms with Crippen molar-refractivity contribution in [3.63, 3.8) is 0 Å². The van der Waals surface area contributed by atoms with Crippen molar-refractivity contribution in [2.75, 3.05) is 13.2 Å². The lowest BCUT2D eigenvalue weighted by molar-refractivity contribution is 0.0980. The van der Waals surface area contributed by atoms with E-state index < -0.39 is 20.8 Å². The number of hydrogen-bond acceptors (Lipinski definition) is 9. The van der Waals surface area contributed by atoms with Crippen LogP contribution in [0.4, 0.5) is 0 Å². The number of nitrogens with one attached hydrogen (secondary N) is 2. The first kappa shape index (κ1) is 31.2. The highest BCUT2D eigenvalue weighted by Crippen LogP contribution is 2.50. The Hall–Kier alpha value is -2.83. The zero-order valence-corrected chi connectivity index (χ0v) is 27.2. The number of hydrogen-bond donors (Lipinski definition) is 2. The maximum atomic E-state index is 13.7. The van der Waals surface area contributed by atoms with Gasteiger partial charge in [0, 0.05) is 17.8 Å². The zero-order valence-electron chi connectivity index (χ0n) is 25.6. The van der Waals surface area contributed by atoms with Crippen molar-refractivity contribution >= 4 is 27.5 Å². The van der Waals surface area contributed by atoms with Gasteiger partial charge in [0.25, 0.3) is 15.9 Å². The molecule has 1 amide bonds. The normalized spacial score (nSPS) is 24.6. The minimum Gasteiger partial charge on any atom is -0.477 e. The van der Waals surface area contributed by atoms with E-state index in [4.69, 9.17) is 16.3 Å². The van der Waals surface area contributed by atoms with Crippen molar-refractivity contribution in [1.82, 2.24) is 24.8 Å². The average molecular weight is 644 g/mol. The zero-order chi connectivity index (χ0) is 31.1. The van der Waals surface area contributed by atoms with Crippen LogP contribution in [0.5, 0.6) is 5.88 Å². The molecule has 0 aromatic carbocycles. The quantitative estimate of drug-likeness (QED) is 0.248. The molecule has 2 aromatic heterocycles. The van der Waals surface area contributed by atoms with Gasteiger partial charge < -0.3 is 10.1 Å². The molecule has 2 saturated carbocycles. The van der Waals surface area contributed by atoms with Crippen LogP contribution in [0.25, 0.3) is 5.82 Å². The first-order valence-corrected chi connectivity index (χ1v) is 17.6. The number of carbonyl (C=O) groups excluding carboxylic acids is 1. The maximum Gasteiger partial charge on any atom is 0.267 e. The number of rotatable bonds is 14. The fourth-order valence-corrected chi connectivity index (χ4v) is 8.66. The Morgan fingerprint density at radius 2 is 1.95 bits per heavy atom. The third-order valence-corrected chi connectivity index (χ3v) is 11.8. The number of azo groups is 1. The molecular formula is C31H42ClN7O4S. The third-order valence-electron chi connectivity index (χ3n) is 9.59. The molecular weight excluding hydrogens is 602 g/mol. The summed E-state index contributed by atoms with van der Waals surface area (Å²) in [6, 6.07) is 4.77. The number of sulfonamides is 1. The SMILES string of the molecule is CC1=CN=NC1(CCC[C@@H]1CNC(C)(C)C1)S(=O)(=O)NC(=O)c1ccc(-n2ccc(OCCC(C3CC3)C3CC3)n2)nc1Cl. The fourth-order valence-electron chi connectivity index (χ4n) is 6.86. The van der Waals surface area contributed by atoms with Crippen LogP contribution in [0.2, 0.25) is 5.15 Å². The second-order valence-corrected chi connectivity index (χ2v) is 15.8. The van der Waals surface area contributed by atoms with Crippen molar-refractivity contribution in [3.8, 4) is 11.7 Å². The van der Waals surface area contributed by atoms with Gasteiger partial charge in [0.15, 0.2) is 5.82 Å². The summed E-state index contributed by atoms with van der Waals surface area (Å²) in [6.45, 7) is 7.53. The Labute approximate surface area is 264 Å². The summed E-state index contributed by atoms with van der Waals surface area (Å²) < 4.78 is 37.0. The number of aromatic nitrogens is 3. The average Bonchev–Trinajstić information content (AvgIpc) is 3.88. The summed E-state index contributed by atoms with van der Waals surface area (Å²) in [4.78, 5) is 15.9. The van der Waals surface area contributed by atoms with Gasteiger partial charge in [-0.1, -0.05) is 11.6 Å². The summed E-state index contributed by atoms with van der Waals surface area (Å²) in [7, 11) is -4.30. The molecule has 13 heteroatoms. The fraction of sp³-hybridized carbons (Fsp3) is 0.645. The number of carbonyl (C=O) groups is 1. The Morgan fingerprint density at radius 1 is 1.20 bits per heavy atom. The van der Waals surface area contributed by atoms with Gasteiger partial charge in [0.1, 0.15) is 5.15 Å². The highest BCUT2D eigenvalue weighted by molar-refractivity contribution is 7.91. The maximum absolute atomic E-state index is 13.7. The van der Waals surface area contributed by atoms with E-state index in [0.717, 1.165) is 43.6 Å². The second-order valence-electron chi connectivity index (χ2n) is 13.6. The summed E-state index contributed by atoms with van der Waals surface area (Å²) in [6.07, 6.45) is 12.3. The molecule has 44 heavy (non-hydrogen) atoms. The van der Waals surface area contributed by atoms with Gasteiger partial charge in [-0.15, -0.1) is 5.10 Å². The predicted octanol–water partition coefficient (Wildman–Crippen LogP) is 5.81. The molecule has 238 valence electrons. The molecule has 2 aliphatic heterocycles. The number of amides is 1. The van der Waals surface area contributed by atoms with Crippen molar-refractivity contribution in [2.24, 2.45) is 33.9 Å². The van der Waals surface area contributed by atoms with Crippen molar-refractivity contribution < 1.29 is 17.9 Å². The van der Waals surface area contributed by atoms with Crippen LogP contribution in [0.15, 0.2) is 46.4 Å². The van der Waals surface area contributed by atoms with Crippen LogP contribution in [0.3, 0.4) is 0 Å². The number of nitrogens with zero attached hydrogens (tertiary/aromatic N) is 5. The second kappa shape index (κ2) is 12.2. The van der Waals surface area contributed by atoms with Crippen LogP contribution in [0, 0.1) is 23.7 Å². The molecule has 2 N–H and O–H groups in total. The highest BCUT2D eigenvalue weighted by Gasteiger charge is 2.49. The van der Waals surface area contributed by atoms with Crippen molar-refractivity contribution in [1.29, 1.82) is 0 Å². The molecule has 4 aliphatic rings. The molecule has 2 aromatic rings. The van der Waals surface area contributed by atoms with E-state index >= 15 is 0 Å². The highest BCUT2D eigenvalue weighted by atomic mass is 35.5. The van der Waals surface area contributed by atoms with E-state index in [1.165, 1.54) is 42.6 Å². The van der Waals surface area contributed by atoms with Gasteiger partial charge >= 0.3 is 0 Å². The Bertz CT molecular complexity index is 1550. The molecule has 2 aliphatic carbocycles. The minimum atomic E-state index is -4.30. The van der Waals surface area contributed by atoms with Crippen molar-refractivity contribution in [2.45, 2.75) is 89.0 Å². The van der Waals surface area contributed by atoms with E-state index in [1.807, 2.05) is 0 Å². The summed E-state index contributed by atoms with van der Waals surface area (Å²) in [5.74, 6) is 2.97. The summed E-state index contributed by atoms with van der Waals surface area (Å²) in [5, 5.41) is 15.9. The van der Waals surface area contributed by atoms with Gasteiger partial charge in [-0.2, -0.15) is 10.2 Å². The Balaban J connectivity index is 1.07. The molecule has 2 atom stereocenters. The summed E-state index contributed by atoms with van der Waals surface area (Å²) >= 11 is 6.40. The van der Waals surface area contributed by atoms with E-state index in [9.17, 15) is 13.2 Å². The first-order chi connectivity index (χ1) is 21.0. The first-order valence-electron chi connectivity index (χ1n) is 15.7. The van der Waals surface area contributed by atoms with E-state index in [0.29, 0.717) is 36.2 Å². The van der Waals surface area contributed by atoms with Crippen LogP contribution in [-0.4, -0.2) is 52.7 Å². The third kappa shape index (κ3) is 6.72. The van der Waals surface area contributed by atoms with Gasteiger partial charge in [-0.3, -0.25) is 4.79 Å². The molecule has 11 nitrogen and oxygen atoms in total. The monoisotopic (exact) mass is 643 g/mol. The van der Waals surface area contributed by atoms with E-state index in [2.05, 4.69) is 44.2 Å². The van der Waals surface area contributed by atoms with Gasteiger partial charge in [0.2, 0.25) is 10.8 Å². The smallest absolute Gasteiger partial charge is 0.267 e. The van der Waals surface area contributed by atoms with Crippen LogP contribution >= 0.6 is 11.6 Å². The minimum absolute atomic E-state index is 0.0696. The van der Waals surface area contributed by atoms with Gasteiger partial charge in [-0.25, -0.2) is 22.8 Å². The Kier molecular flexibility index (Phi) is 8.62. The number of halogens is 1. The molecule has 0 spiro atoms. The predicted molar refractivity (Wildman–Crippen MR) is 167 cm³/mol. The summed E-state index contributed by atoms with van der Waals surface area (Å²) in [5.41, 5.74) is 0.477. The molecule has 1 saturated heterocycles. The lowest BCUT2D eigenvalue weighted by atomic mass is 9.92. The van der Waals surface area contributed by atoms with Crippen molar-refractivity contribution in [3.05, 3.63) is 46.9 Å². The molecule has 6 rings (SSSR count). The molecule has 3 fully saturated rings. The van der Waals surface area contributed by atoms with Gasteiger partial charge in [0.05, 0.1) is 18.4 Å². The lowest BCUT2D eigenvalue weighted by Crippen LogP contribution is -2.47. The Morgan fingerprint density at radius 3 is 2.57 bits per heavy atom. The molecule has 0 bridgehead atoms. The van der Waals surface area contributed by atoms with E-state index in [-0.39, 0.29) is 22.7 Å². The van der Waals surface area contributed by atoms with Crippen LogP contribution < -0.4 is 14.8 Å². The molecule has 0 radical (unpaired) electrons. The van der Waals surface area contributed by atoms with Crippen LogP contribution in [0.1, 0.15) is 88.9 Å². The standard InChI is InChI=1S/C31H42ClN7O4S/c1-20-18-34-38-31(20,14-4-5-21-17-30(2,3)33-19-21)44(41,42)37-29(40)25-10-11-26(35-28(25)32)39-15-12-27(36-39)43-16-13-24(22-6-7-22)23-8-9-23/h10-12,15,18,21-24,33H,4-9,13-14,16-17,19H2,1-3H3,(H,37,40)/t21-,31?/m0/s1. The number of ether oxygens (including phenoxy) is 1. The lowest BCUT2D eigenvalue weighted by Gasteiger charge is -2.27. The molecule has 4 heterocycles. The molecule has 1 unspecified atom stereocenters. The largest absolute Gasteiger partial charge is 0.477 e.